The molecule has 168 valence electrons. The molecule has 1 fully saturated rings. The summed E-state index contributed by atoms with van der Waals surface area (Å²) >= 11 is 0. The van der Waals surface area contributed by atoms with E-state index < -0.39 is 6.04 Å². The molecule has 8 nitrogen and oxygen atoms in total. The molecular weight excluding hydrogens is 394 g/mol. The van der Waals surface area contributed by atoms with Gasteiger partial charge in [0.1, 0.15) is 5.75 Å². The number of carbonyl (C=O) groups excluding carboxylic acids is 2. The van der Waals surface area contributed by atoms with Gasteiger partial charge in [0.25, 0.3) is 0 Å². The maximum Gasteiger partial charge on any atom is 0.237 e. The van der Waals surface area contributed by atoms with Crippen LogP contribution in [0.2, 0.25) is 0 Å². The Morgan fingerprint density at radius 1 is 1.29 bits per heavy atom. The number of piperazine rings is 1. The molecule has 1 aliphatic heterocycles. The van der Waals surface area contributed by atoms with Gasteiger partial charge >= 0.3 is 0 Å². The molecule has 0 unspecified atom stereocenters. The van der Waals surface area contributed by atoms with E-state index in [2.05, 4.69) is 20.6 Å². The number of para-hydroxylation sites is 1. The molecule has 2 heterocycles. The van der Waals surface area contributed by atoms with Crippen LogP contribution in [0.1, 0.15) is 42.8 Å². The second kappa shape index (κ2) is 10.4. The third-order valence-corrected chi connectivity index (χ3v) is 5.76. The fourth-order valence-corrected chi connectivity index (χ4v) is 4.06. The third kappa shape index (κ3) is 5.44. The van der Waals surface area contributed by atoms with E-state index in [1.54, 1.807) is 0 Å². The van der Waals surface area contributed by atoms with E-state index in [1.165, 1.54) is 0 Å². The van der Waals surface area contributed by atoms with Crippen LogP contribution in [0.5, 0.6) is 5.75 Å². The van der Waals surface area contributed by atoms with Crippen LogP contribution in [0.4, 0.5) is 0 Å². The molecule has 1 aromatic carbocycles. The van der Waals surface area contributed by atoms with Gasteiger partial charge in [0.15, 0.2) is 0 Å². The van der Waals surface area contributed by atoms with Gasteiger partial charge in [-0.1, -0.05) is 18.2 Å². The Labute approximate surface area is 183 Å². The molecule has 0 radical (unpaired) electrons. The molecule has 0 spiro atoms. The van der Waals surface area contributed by atoms with Gasteiger partial charge in [-0.05, 0) is 33.8 Å². The van der Waals surface area contributed by atoms with E-state index >= 15 is 0 Å². The quantitative estimate of drug-likeness (QED) is 0.638. The van der Waals surface area contributed by atoms with Gasteiger partial charge in [0, 0.05) is 49.5 Å². The van der Waals surface area contributed by atoms with Crippen molar-refractivity contribution in [3.8, 4) is 5.75 Å². The van der Waals surface area contributed by atoms with E-state index in [0.29, 0.717) is 32.8 Å². The molecule has 1 aromatic heterocycles. The van der Waals surface area contributed by atoms with Crippen molar-refractivity contribution in [3.05, 3.63) is 46.8 Å². The number of amides is 2. The average Bonchev–Trinajstić information content (AvgIpc) is 3.03. The second-order valence-electron chi connectivity index (χ2n) is 7.76. The zero-order valence-corrected chi connectivity index (χ0v) is 18.9. The molecule has 3 rings (SSSR count). The maximum atomic E-state index is 12.7. The highest BCUT2D eigenvalue weighted by Gasteiger charge is 2.32. The molecule has 31 heavy (non-hydrogen) atoms. The first-order chi connectivity index (χ1) is 14.9. The van der Waals surface area contributed by atoms with Gasteiger partial charge in [0.05, 0.1) is 24.8 Å². The second-order valence-corrected chi connectivity index (χ2v) is 7.76. The average molecular weight is 428 g/mol. The summed E-state index contributed by atoms with van der Waals surface area (Å²) in [6.45, 7) is 11.6. The number of benzene rings is 1. The topological polar surface area (TPSA) is 88.5 Å². The van der Waals surface area contributed by atoms with Crippen molar-refractivity contribution in [2.45, 2.75) is 59.8 Å². The van der Waals surface area contributed by atoms with Crippen LogP contribution in [-0.4, -0.2) is 52.2 Å². The van der Waals surface area contributed by atoms with Crippen molar-refractivity contribution in [2.24, 2.45) is 0 Å². The van der Waals surface area contributed by atoms with Crippen LogP contribution in [0, 0.1) is 13.8 Å². The lowest BCUT2D eigenvalue weighted by molar-refractivity contribution is -0.134. The minimum Gasteiger partial charge on any atom is -0.494 e. The highest BCUT2D eigenvalue weighted by molar-refractivity contribution is 5.88. The summed E-state index contributed by atoms with van der Waals surface area (Å²) in [5, 5.41) is 10.4. The Kier molecular flexibility index (Phi) is 7.68. The number of aromatic nitrogens is 2. The summed E-state index contributed by atoms with van der Waals surface area (Å²) in [6, 6.07) is 7.33. The van der Waals surface area contributed by atoms with Crippen LogP contribution in [-0.2, 0) is 29.2 Å². The molecule has 0 saturated carbocycles. The summed E-state index contributed by atoms with van der Waals surface area (Å²) in [4.78, 5) is 27.4. The monoisotopic (exact) mass is 427 g/mol. The third-order valence-electron chi connectivity index (χ3n) is 5.76. The van der Waals surface area contributed by atoms with Gasteiger partial charge < -0.3 is 15.4 Å². The van der Waals surface area contributed by atoms with Gasteiger partial charge in [-0.3, -0.25) is 19.2 Å². The summed E-state index contributed by atoms with van der Waals surface area (Å²) in [5.41, 5.74) is 4.03. The summed E-state index contributed by atoms with van der Waals surface area (Å²) in [7, 11) is 0. The van der Waals surface area contributed by atoms with E-state index in [-0.39, 0.29) is 18.2 Å². The molecule has 1 saturated heterocycles. The summed E-state index contributed by atoms with van der Waals surface area (Å²) < 4.78 is 7.66. The molecule has 0 bridgehead atoms. The van der Waals surface area contributed by atoms with Gasteiger partial charge in [-0.25, -0.2) is 0 Å². The number of nitrogens with one attached hydrogen (secondary N) is 2. The van der Waals surface area contributed by atoms with Crippen LogP contribution in [0.25, 0.3) is 0 Å². The summed E-state index contributed by atoms with van der Waals surface area (Å²) in [6.07, 6.45) is 0.114. The molecule has 1 atom stereocenters. The van der Waals surface area contributed by atoms with Crippen LogP contribution >= 0.6 is 0 Å². The van der Waals surface area contributed by atoms with E-state index in [1.807, 2.05) is 56.6 Å². The van der Waals surface area contributed by atoms with Gasteiger partial charge in [-0.2, -0.15) is 5.10 Å². The maximum absolute atomic E-state index is 12.7. The Balaban J connectivity index is 1.66. The zero-order chi connectivity index (χ0) is 22.4. The highest BCUT2D eigenvalue weighted by atomic mass is 16.5. The van der Waals surface area contributed by atoms with Crippen LogP contribution < -0.4 is 15.4 Å². The SMILES string of the molecule is CCOc1ccccc1CN1CCNC(=O)[C@@H]1CC(=O)NCc1c(C)nn(CC)c1C. The van der Waals surface area contributed by atoms with Crippen LogP contribution in [0.15, 0.2) is 24.3 Å². The Morgan fingerprint density at radius 2 is 2.06 bits per heavy atom. The molecule has 2 N–H and O–H groups in total. The smallest absolute Gasteiger partial charge is 0.237 e. The normalized spacial score (nSPS) is 16.8. The first-order valence-corrected chi connectivity index (χ1v) is 11.0. The number of ether oxygens (including phenoxy) is 1. The highest BCUT2D eigenvalue weighted by Crippen LogP contribution is 2.22. The van der Waals surface area contributed by atoms with E-state index in [0.717, 1.165) is 34.8 Å². The number of hydrogen-bond donors (Lipinski definition) is 2. The first kappa shape index (κ1) is 22.8. The van der Waals surface area contributed by atoms with Crippen molar-refractivity contribution in [1.82, 2.24) is 25.3 Å². The predicted octanol–water partition coefficient (Wildman–Crippen LogP) is 1.93. The number of carbonyl (C=O) groups is 2. The lowest BCUT2D eigenvalue weighted by Gasteiger charge is -2.35. The molecule has 1 aliphatic rings. The molecule has 0 aliphatic carbocycles. The Morgan fingerprint density at radius 3 is 2.77 bits per heavy atom. The lowest BCUT2D eigenvalue weighted by atomic mass is 10.1. The minimum absolute atomic E-state index is 0.110. The fraction of sp³-hybridized carbons (Fsp3) is 0.522. The molecule has 2 aromatic rings. The molecular formula is C23H33N5O3. The molecule has 8 heteroatoms. The molecule has 2 amide bonds. The minimum atomic E-state index is -0.510. The van der Waals surface area contributed by atoms with E-state index in [4.69, 9.17) is 4.74 Å². The largest absolute Gasteiger partial charge is 0.494 e. The van der Waals surface area contributed by atoms with Crippen molar-refractivity contribution in [1.29, 1.82) is 0 Å². The predicted molar refractivity (Wildman–Crippen MR) is 119 cm³/mol. The Hall–Kier alpha value is -2.87. The van der Waals surface area contributed by atoms with Crippen molar-refractivity contribution >= 4 is 11.8 Å². The van der Waals surface area contributed by atoms with Crippen molar-refractivity contribution in [3.63, 3.8) is 0 Å². The van der Waals surface area contributed by atoms with E-state index in [9.17, 15) is 9.59 Å². The first-order valence-electron chi connectivity index (χ1n) is 11.0. The van der Waals surface area contributed by atoms with Crippen molar-refractivity contribution in [2.75, 3.05) is 19.7 Å². The van der Waals surface area contributed by atoms with Crippen molar-refractivity contribution < 1.29 is 14.3 Å². The van der Waals surface area contributed by atoms with Crippen LogP contribution in [0.3, 0.4) is 0 Å². The Bertz CT molecular complexity index is 924. The lowest BCUT2D eigenvalue weighted by Crippen LogP contribution is -2.56. The number of aryl methyl sites for hydroxylation is 2. The standard InChI is InChI=1S/C23H33N5O3/c1-5-28-17(4)19(16(3)26-28)14-25-22(29)13-20-23(30)24-11-12-27(20)15-18-9-7-8-10-21(18)31-6-2/h7-10,20H,5-6,11-15H2,1-4H3,(H,24,30)(H,25,29)/t20-/m0/s1. The number of hydrogen-bond acceptors (Lipinski definition) is 5. The van der Waals surface area contributed by atoms with Gasteiger partial charge in [0.2, 0.25) is 11.8 Å². The zero-order valence-electron chi connectivity index (χ0n) is 18.9. The van der Waals surface area contributed by atoms with Gasteiger partial charge in [-0.15, -0.1) is 0 Å². The number of rotatable bonds is 9. The summed E-state index contributed by atoms with van der Waals surface area (Å²) in [5.74, 6) is 0.563. The number of nitrogens with zero attached hydrogens (tertiary/aromatic N) is 3. The fourth-order valence-electron chi connectivity index (χ4n) is 4.06.